The van der Waals surface area contributed by atoms with E-state index in [-0.39, 0.29) is 5.69 Å². The predicted molar refractivity (Wildman–Crippen MR) is 77.7 cm³/mol. The minimum atomic E-state index is -0.430. The van der Waals surface area contributed by atoms with Gasteiger partial charge in [0.15, 0.2) is 0 Å². The number of hydrogen-bond acceptors (Lipinski definition) is 3. The predicted octanol–water partition coefficient (Wildman–Crippen LogP) is 4.48. The second-order valence-corrected chi connectivity index (χ2v) is 6.09. The summed E-state index contributed by atoms with van der Waals surface area (Å²) >= 11 is 6.10. The highest BCUT2D eigenvalue weighted by Crippen LogP contribution is 2.33. The molecule has 0 radical (unpaired) electrons. The molecule has 0 amide bonds. The molecule has 0 heterocycles. The summed E-state index contributed by atoms with van der Waals surface area (Å²) in [7, 11) is 0. The topological polar surface area (TPSA) is 55.2 Å². The zero-order valence-corrected chi connectivity index (χ0v) is 12.0. The maximum Gasteiger partial charge on any atom is 0.271 e. The highest BCUT2D eigenvalue weighted by molar-refractivity contribution is 6.33. The van der Waals surface area contributed by atoms with E-state index in [1.54, 1.807) is 6.07 Å². The number of nitro groups is 1. The Hall–Kier alpha value is -1.29. The van der Waals surface area contributed by atoms with E-state index in [9.17, 15) is 10.1 Å². The summed E-state index contributed by atoms with van der Waals surface area (Å²) in [5, 5.41) is 14.5. The molecule has 1 aliphatic rings. The molecule has 2 unspecified atom stereocenters. The second-order valence-electron chi connectivity index (χ2n) is 5.68. The zero-order chi connectivity index (χ0) is 14.0. The van der Waals surface area contributed by atoms with Crippen molar-refractivity contribution in [1.29, 1.82) is 0 Å². The van der Waals surface area contributed by atoms with Crippen molar-refractivity contribution < 1.29 is 4.92 Å². The summed E-state index contributed by atoms with van der Waals surface area (Å²) in [5.74, 6) is 1.41. The first-order valence-electron chi connectivity index (χ1n) is 6.66. The third-order valence-corrected chi connectivity index (χ3v) is 4.01. The van der Waals surface area contributed by atoms with E-state index in [0.717, 1.165) is 18.5 Å². The summed E-state index contributed by atoms with van der Waals surface area (Å²) < 4.78 is 0. The fourth-order valence-corrected chi connectivity index (χ4v) is 3.25. The van der Waals surface area contributed by atoms with Gasteiger partial charge in [-0.2, -0.15) is 0 Å². The number of nitrogens with one attached hydrogen (secondary N) is 1. The van der Waals surface area contributed by atoms with Crippen molar-refractivity contribution in [2.45, 2.75) is 39.2 Å². The van der Waals surface area contributed by atoms with Crippen LogP contribution in [0.1, 0.15) is 33.1 Å². The molecule has 1 fully saturated rings. The number of non-ortho nitro benzene ring substituents is 1. The van der Waals surface area contributed by atoms with Crippen molar-refractivity contribution in [3.05, 3.63) is 33.3 Å². The molecule has 5 heteroatoms. The Morgan fingerprint density at radius 1 is 1.26 bits per heavy atom. The van der Waals surface area contributed by atoms with Crippen LogP contribution in [0.3, 0.4) is 0 Å². The third kappa shape index (κ3) is 3.60. The summed E-state index contributed by atoms with van der Waals surface area (Å²) in [6.07, 6.45) is 3.52. The Bertz CT molecular complexity index is 469. The lowest BCUT2D eigenvalue weighted by atomic mass is 9.80. The lowest BCUT2D eigenvalue weighted by Crippen LogP contribution is -2.30. The van der Waals surface area contributed by atoms with Crippen molar-refractivity contribution in [3.63, 3.8) is 0 Å². The third-order valence-electron chi connectivity index (χ3n) is 3.70. The molecular formula is C14H19ClN2O2. The molecule has 0 aliphatic heterocycles. The van der Waals surface area contributed by atoms with Crippen molar-refractivity contribution in [3.8, 4) is 0 Å². The van der Waals surface area contributed by atoms with Gasteiger partial charge in [-0.3, -0.25) is 10.1 Å². The lowest BCUT2D eigenvalue weighted by molar-refractivity contribution is -0.384. The van der Waals surface area contributed by atoms with Crippen LogP contribution in [0.25, 0.3) is 0 Å². The zero-order valence-electron chi connectivity index (χ0n) is 11.2. The molecular weight excluding hydrogens is 264 g/mol. The van der Waals surface area contributed by atoms with Gasteiger partial charge in [0.1, 0.15) is 0 Å². The SMILES string of the molecule is CC1CC(C)CC(Nc2ccc([N+](=O)[O-])cc2Cl)C1. The van der Waals surface area contributed by atoms with Crippen LogP contribution in [-0.4, -0.2) is 11.0 Å². The molecule has 0 saturated heterocycles. The van der Waals surface area contributed by atoms with Crippen LogP contribution < -0.4 is 5.32 Å². The summed E-state index contributed by atoms with van der Waals surface area (Å²) in [4.78, 5) is 10.2. The summed E-state index contributed by atoms with van der Waals surface area (Å²) in [5.41, 5.74) is 0.819. The highest BCUT2D eigenvalue weighted by atomic mass is 35.5. The van der Waals surface area contributed by atoms with E-state index >= 15 is 0 Å². The van der Waals surface area contributed by atoms with Crippen LogP contribution in [0, 0.1) is 22.0 Å². The molecule has 4 nitrogen and oxygen atoms in total. The number of rotatable bonds is 3. The van der Waals surface area contributed by atoms with Gasteiger partial charge >= 0.3 is 0 Å². The Morgan fingerprint density at radius 3 is 2.42 bits per heavy atom. The van der Waals surface area contributed by atoms with Crippen LogP contribution in [0.15, 0.2) is 18.2 Å². The smallest absolute Gasteiger partial charge is 0.271 e. The van der Waals surface area contributed by atoms with Gasteiger partial charge < -0.3 is 5.32 Å². The van der Waals surface area contributed by atoms with E-state index < -0.39 is 4.92 Å². The Balaban J connectivity index is 2.08. The molecule has 2 atom stereocenters. The van der Waals surface area contributed by atoms with Gasteiger partial charge in [-0.25, -0.2) is 0 Å². The second kappa shape index (κ2) is 5.78. The summed E-state index contributed by atoms with van der Waals surface area (Å²) in [6.45, 7) is 4.53. The first kappa shape index (κ1) is 14.1. The van der Waals surface area contributed by atoms with E-state index in [4.69, 9.17) is 11.6 Å². The standard InChI is InChI=1S/C14H19ClN2O2/c1-9-5-10(2)7-11(6-9)16-14-4-3-12(17(18)19)8-13(14)15/h3-4,8-11,16H,5-7H2,1-2H3. The largest absolute Gasteiger partial charge is 0.381 e. The number of nitro benzene ring substituents is 1. The fourth-order valence-electron chi connectivity index (χ4n) is 3.02. The van der Waals surface area contributed by atoms with E-state index in [1.165, 1.54) is 18.6 Å². The Labute approximate surface area is 118 Å². The van der Waals surface area contributed by atoms with E-state index in [0.29, 0.717) is 22.9 Å². The maximum absolute atomic E-state index is 10.7. The van der Waals surface area contributed by atoms with Gasteiger partial charge in [-0.05, 0) is 37.2 Å². The molecule has 1 saturated carbocycles. The molecule has 104 valence electrons. The number of hydrogen-bond donors (Lipinski definition) is 1. The average Bonchev–Trinajstić information content (AvgIpc) is 2.30. The molecule has 0 spiro atoms. The highest BCUT2D eigenvalue weighted by Gasteiger charge is 2.24. The van der Waals surface area contributed by atoms with Gasteiger partial charge in [-0.15, -0.1) is 0 Å². The van der Waals surface area contributed by atoms with E-state index in [1.807, 2.05) is 0 Å². The number of nitrogens with zero attached hydrogens (tertiary/aromatic N) is 1. The maximum atomic E-state index is 10.7. The molecule has 1 N–H and O–H groups in total. The van der Waals surface area contributed by atoms with Gasteiger partial charge in [0.2, 0.25) is 0 Å². The van der Waals surface area contributed by atoms with Gasteiger partial charge in [0.25, 0.3) is 5.69 Å². The Morgan fingerprint density at radius 2 is 1.89 bits per heavy atom. The molecule has 0 bridgehead atoms. The van der Waals surface area contributed by atoms with Gasteiger partial charge in [0, 0.05) is 18.2 Å². The fraction of sp³-hybridized carbons (Fsp3) is 0.571. The molecule has 2 rings (SSSR count). The monoisotopic (exact) mass is 282 g/mol. The molecule has 1 aromatic rings. The number of benzene rings is 1. The van der Waals surface area contributed by atoms with Crippen LogP contribution >= 0.6 is 11.6 Å². The normalized spacial score (nSPS) is 27.0. The first-order chi connectivity index (χ1) is 8.95. The molecule has 1 aromatic carbocycles. The van der Waals surface area contributed by atoms with Gasteiger partial charge in [-0.1, -0.05) is 25.4 Å². The molecule has 0 aromatic heterocycles. The minimum Gasteiger partial charge on any atom is -0.381 e. The minimum absolute atomic E-state index is 0.0286. The van der Waals surface area contributed by atoms with Crippen molar-refractivity contribution in [2.24, 2.45) is 11.8 Å². The van der Waals surface area contributed by atoms with Crippen molar-refractivity contribution in [1.82, 2.24) is 0 Å². The van der Waals surface area contributed by atoms with Crippen LogP contribution in [0.2, 0.25) is 5.02 Å². The quantitative estimate of drug-likeness (QED) is 0.657. The average molecular weight is 283 g/mol. The van der Waals surface area contributed by atoms with Crippen molar-refractivity contribution in [2.75, 3.05) is 5.32 Å². The van der Waals surface area contributed by atoms with Gasteiger partial charge in [0.05, 0.1) is 15.6 Å². The lowest BCUT2D eigenvalue weighted by Gasteiger charge is -2.32. The molecule has 19 heavy (non-hydrogen) atoms. The Kier molecular flexibility index (Phi) is 4.30. The van der Waals surface area contributed by atoms with Crippen LogP contribution in [0.5, 0.6) is 0 Å². The summed E-state index contributed by atoms with van der Waals surface area (Å²) in [6, 6.07) is 4.99. The first-order valence-corrected chi connectivity index (χ1v) is 7.04. The van der Waals surface area contributed by atoms with Crippen LogP contribution in [-0.2, 0) is 0 Å². The molecule has 1 aliphatic carbocycles. The number of anilines is 1. The van der Waals surface area contributed by atoms with Crippen molar-refractivity contribution >= 4 is 23.0 Å². The van der Waals surface area contributed by atoms with Crippen LogP contribution in [0.4, 0.5) is 11.4 Å². The number of halogens is 1. The van der Waals surface area contributed by atoms with E-state index in [2.05, 4.69) is 19.2 Å².